The molecule has 2 N–H and O–H groups in total. The molecule has 0 aliphatic carbocycles. The quantitative estimate of drug-likeness (QED) is 0.862. The minimum absolute atomic E-state index is 0. The Hall–Kier alpha value is -1.63. The first-order valence-electron chi connectivity index (χ1n) is 6.45. The van der Waals surface area contributed by atoms with E-state index in [-0.39, 0.29) is 30.7 Å². The van der Waals surface area contributed by atoms with Crippen LogP contribution in [0.25, 0.3) is 0 Å². The number of amides is 1. The summed E-state index contributed by atoms with van der Waals surface area (Å²) < 4.78 is 1.68. The highest BCUT2D eigenvalue weighted by molar-refractivity contribution is 5.85. The van der Waals surface area contributed by atoms with Gasteiger partial charge in [0.1, 0.15) is 6.04 Å². The lowest BCUT2D eigenvalue weighted by molar-refractivity contribution is -0.123. The van der Waals surface area contributed by atoms with Gasteiger partial charge in [-0.05, 0) is 25.6 Å². The Kier molecular flexibility index (Phi) is 8.70. The number of rotatable bonds is 5. The maximum atomic E-state index is 12.2. The number of carbonyl (C=O) groups is 1. The SMILES string of the molecule is CNC(C(=O)NCc1ccc(C)nc1)c1cnn(C)c1.Cl.Cl. The van der Waals surface area contributed by atoms with Crippen LogP contribution in [-0.2, 0) is 18.4 Å². The number of nitrogens with zero attached hydrogens (tertiary/aromatic N) is 3. The molecule has 1 atom stereocenters. The van der Waals surface area contributed by atoms with E-state index in [0.717, 1.165) is 16.8 Å². The average Bonchev–Trinajstić information content (AvgIpc) is 2.85. The van der Waals surface area contributed by atoms with Gasteiger partial charge < -0.3 is 10.6 Å². The van der Waals surface area contributed by atoms with E-state index in [2.05, 4.69) is 20.7 Å². The van der Waals surface area contributed by atoms with E-state index in [1.807, 2.05) is 32.3 Å². The molecule has 0 bridgehead atoms. The molecule has 0 aliphatic rings. The van der Waals surface area contributed by atoms with Crippen molar-refractivity contribution in [1.29, 1.82) is 0 Å². The highest BCUT2D eigenvalue weighted by Crippen LogP contribution is 2.11. The fourth-order valence-corrected chi connectivity index (χ4v) is 1.93. The lowest BCUT2D eigenvalue weighted by atomic mass is 10.1. The fourth-order valence-electron chi connectivity index (χ4n) is 1.93. The van der Waals surface area contributed by atoms with Crippen LogP contribution in [0.4, 0.5) is 0 Å². The van der Waals surface area contributed by atoms with Crippen LogP contribution in [0.5, 0.6) is 0 Å². The fraction of sp³-hybridized carbons (Fsp3) is 0.357. The van der Waals surface area contributed by atoms with E-state index in [1.54, 1.807) is 24.1 Å². The van der Waals surface area contributed by atoms with Crippen molar-refractivity contribution < 1.29 is 4.79 Å². The zero-order valence-electron chi connectivity index (χ0n) is 12.7. The van der Waals surface area contributed by atoms with Gasteiger partial charge in [-0.15, -0.1) is 24.8 Å². The van der Waals surface area contributed by atoms with Crippen molar-refractivity contribution in [2.45, 2.75) is 19.5 Å². The minimum Gasteiger partial charge on any atom is -0.350 e. The molecule has 0 aliphatic heterocycles. The lowest BCUT2D eigenvalue weighted by Crippen LogP contribution is -2.35. The van der Waals surface area contributed by atoms with Gasteiger partial charge in [-0.1, -0.05) is 6.07 Å². The number of aromatic nitrogens is 3. The Bertz CT molecular complexity index is 585. The van der Waals surface area contributed by atoms with Gasteiger partial charge >= 0.3 is 0 Å². The van der Waals surface area contributed by atoms with Gasteiger partial charge in [-0.2, -0.15) is 5.10 Å². The highest BCUT2D eigenvalue weighted by Gasteiger charge is 2.19. The molecule has 2 rings (SSSR count). The molecule has 2 aromatic rings. The summed E-state index contributed by atoms with van der Waals surface area (Å²) in [6, 6.07) is 3.49. The van der Waals surface area contributed by atoms with Gasteiger partial charge in [0, 0.05) is 37.2 Å². The van der Waals surface area contributed by atoms with Gasteiger partial charge in [0.2, 0.25) is 5.91 Å². The molecule has 0 radical (unpaired) electrons. The lowest BCUT2D eigenvalue weighted by Gasteiger charge is -2.14. The van der Waals surface area contributed by atoms with Crippen molar-refractivity contribution in [3.63, 3.8) is 0 Å². The second-order valence-corrected chi connectivity index (χ2v) is 4.69. The van der Waals surface area contributed by atoms with E-state index >= 15 is 0 Å². The summed E-state index contributed by atoms with van der Waals surface area (Å²) in [5.41, 5.74) is 2.78. The number of carbonyl (C=O) groups excluding carboxylic acids is 1. The van der Waals surface area contributed by atoms with Crippen LogP contribution in [0.3, 0.4) is 0 Å². The van der Waals surface area contributed by atoms with Gasteiger partial charge in [-0.25, -0.2) is 0 Å². The Morgan fingerprint density at radius 1 is 1.32 bits per heavy atom. The maximum absolute atomic E-state index is 12.2. The number of halogens is 2. The van der Waals surface area contributed by atoms with Crippen molar-refractivity contribution in [1.82, 2.24) is 25.4 Å². The number of aryl methyl sites for hydroxylation is 2. The number of hydrogen-bond acceptors (Lipinski definition) is 4. The Labute approximate surface area is 142 Å². The van der Waals surface area contributed by atoms with Crippen LogP contribution in [0.1, 0.15) is 22.9 Å². The molecule has 2 heterocycles. The van der Waals surface area contributed by atoms with Crippen molar-refractivity contribution in [3.05, 3.63) is 47.5 Å². The van der Waals surface area contributed by atoms with E-state index in [0.29, 0.717) is 6.54 Å². The molecule has 0 saturated heterocycles. The molecular formula is C14H21Cl2N5O. The van der Waals surface area contributed by atoms with Crippen molar-refractivity contribution in [3.8, 4) is 0 Å². The zero-order valence-corrected chi connectivity index (χ0v) is 14.4. The second-order valence-electron chi connectivity index (χ2n) is 4.69. The van der Waals surface area contributed by atoms with E-state index in [9.17, 15) is 4.79 Å². The topological polar surface area (TPSA) is 71.8 Å². The minimum atomic E-state index is -0.401. The van der Waals surface area contributed by atoms with Gasteiger partial charge in [0.15, 0.2) is 0 Å². The molecule has 6 nitrogen and oxygen atoms in total. The summed E-state index contributed by atoms with van der Waals surface area (Å²) in [7, 11) is 3.58. The molecule has 22 heavy (non-hydrogen) atoms. The third-order valence-electron chi connectivity index (χ3n) is 3.05. The highest BCUT2D eigenvalue weighted by atomic mass is 35.5. The maximum Gasteiger partial charge on any atom is 0.242 e. The van der Waals surface area contributed by atoms with Crippen molar-refractivity contribution >= 4 is 30.7 Å². The first kappa shape index (κ1) is 20.4. The summed E-state index contributed by atoms with van der Waals surface area (Å²) in [4.78, 5) is 16.4. The number of likely N-dealkylation sites (N-methyl/N-ethyl adjacent to an activating group) is 1. The van der Waals surface area contributed by atoms with E-state index in [4.69, 9.17) is 0 Å². The molecule has 0 saturated carbocycles. The summed E-state index contributed by atoms with van der Waals surface area (Å²) in [6.45, 7) is 2.40. The first-order chi connectivity index (χ1) is 9.60. The zero-order chi connectivity index (χ0) is 14.5. The standard InChI is InChI=1S/C14H19N5O.2ClH/c1-10-4-5-11(6-16-10)7-17-14(20)13(15-2)12-8-18-19(3)9-12;;/h4-6,8-9,13,15H,7H2,1-3H3,(H,17,20);2*1H. The van der Waals surface area contributed by atoms with Crippen molar-refractivity contribution in [2.24, 2.45) is 7.05 Å². The number of hydrogen-bond donors (Lipinski definition) is 2. The summed E-state index contributed by atoms with van der Waals surface area (Å²) in [6.07, 6.45) is 5.29. The van der Waals surface area contributed by atoms with Crippen LogP contribution >= 0.6 is 24.8 Å². The molecule has 1 unspecified atom stereocenters. The largest absolute Gasteiger partial charge is 0.350 e. The second kappa shape index (κ2) is 9.40. The summed E-state index contributed by atoms with van der Waals surface area (Å²) in [5, 5.41) is 9.98. The summed E-state index contributed by atoms with van der Waals surface area (Å²) >= 11 is 0. The Morgan fingerprint density at radius 2 is 2.05 bits per heavy atom. The smallest absolute Gasteiger partial charge is 0.242 e. The molecule has 0 fully saturated rings. The first-order valence-corrected chi connectivity index (χ1v) is 6.45. The van der Waals surface area contributed by atoms with Crippen LogP contribution in [0, 0.1) is 6.92 Å². The molecule has 2 aromatic heterocycles. The van der Waals surface area contributed by atoms with Crippen LogP contribution < -0.4 is 10.6 Å². The summed E-state index contributed by atoms with van der Waals surface area (Å²) in [5.74, 6) is -0.0823. The van der Waals surface area contributed by atoms with Crippen LogP contribution in [0.15, 0.2) is 30.7 Å². The predicted octanol–water partition coefficient (Wildman–Crippen LogP) is 1.54. The number of pyridine rings is 1. The normalized spacial score (nSPS) is 11.0. The number of nitrogens with one attached hydrogen (secondary N) is 2. The molecule has 0 aromatic carbocycles. The van der Waals surface area contributed by atoms with Crippen LogP contribution in [-0.4, -0.2) is 27.7 Å². The molecule has 1 amide bonds. The predicted molar refractivity (Wildman–Crippen MR) is 90.3 cm³/mol. The molecule has 0 spiro atoms. The Balaban J connectivity index is 0.00000220. The van der Waals surface area contributed by atoms with Crippen LogP contribution in [0.2, 0.25) is 0 Å². The van der Waals surface area contributed by atoms with Gasteiger partial charge in [0.05, 0.1) is 6.20 Å². The molecule has 8 heteroatoms. The van der Waals surface area contributed by atoms with E-state index in [1.165, 1.54) is 0 Å². The third-order valence-corrected chi connectivity index (χ3v) is 3.05. The van der Waals surface area contributed by atoms with Gasteiger partial charge in [-0.3, -0.25) is 14.5 Å². The third kappa shape index (κ3) is 5.29. The molecule has 122 valence electrons. The Morgan fingerprint density at radius 3 is 2.55 bits per heavy atom. The monoisotopic (exact) mass is 345 g/mol. The molecular weight excluding hydrogens is 325 g/mol. The van der Waals surface area contributed by atoms with E-state index < -0.39 is 6.04 Å². The van der Waals surface area contributed by atoms with Gasteiger partial charge in [0.25, 0.3) is 0 Å². The van der Waals surface area contributed by atoms with Crippen molar-refractivity contribution in [2.75, 3.05) is 7.05 Å². The average molecular weight is 346 g/mol.